The Morgan fingerprint density at radius 1 is 1.24 bits per heavy atom. The van der Waals surface area contributed by atoms with Gasteiger partial charge in [-0.15, -0.1) is 0 Å². The van der Waals surface area contributed by atoms with Crippen LogP contribution in [0.2, 0.25) is 0 Å². The molecule has 0 amide bonds. The van der Waals surface area contributed by atoms with E-state index in [9.17, 15) is 0 Å². The summed E-state index contributed by atoms with van der Waals surface area (Å²) in [5.74, 6) is 1.27. The van der Waals surface area contributed by atoms with Gasteiger partial charge in [0.2, 0.25) is 0 Å². The third-order valence-electron chi connectivity index (χ3n) is 5.25. The zero-order valence-corrected chi connectivity index (χ0v) is 18.4. The van der Waals surface area contributed by atoms with Crippen LogP contribution < -0.4 is 10.2 Å². The molecule has 0 saturated carbocycles. The smallest absolute Gasteiger partial charge is 0.193 e. The summed E-state index contributed by atoms with van der Waals surface area (Å²) in [5.41, 5.74) is 4.93. The van der Waals surface area contributed by atoms with E-state index in [4.69, 9.17) is 4.74 Å². The summed E-state index contributed by atoms with van der Waals surface area (Å²) in [6.45, 7) is 9.31. The van der Waals surface area contributed by atoms with Crippen LogP contribution in [-0.2, 0) is 24.9 Å². The molecule has 0 radical (unpaired) electrons. The van der Waals surface area contributed by atoms with Gasteiger partial charge in [0.05, 0.1) is 18.9 Å². The third kappa shape index (κ3) is 5.29. The molecule has 29 heavy (non-hydrogen) atoms. The fraction of sp³-hybridized carbons (Fsp3) is 0.545. The highest BCUT2D eigenvalue weighted by Gasteiger charge is 2.17. The number of hydrogen-bond acceptors (Lipinski definition) is 4. The number of hydrogen-bond donors (Lipinski definition) is 1. The van der Waals surface area contributed by atoms with Gasteiger partial charge in [0.1, 0.15) is 0 Å². The first kappa shape index (κ1) is 21.2. The molecule has 1 aliphatic rings. The van der Waals surface area contributed by atoms with Crippen molar-refractivity contribution >= 4 is 11.6 Å². The summed E-state index contributed by atoms with van der Waals surface area (Å²) in [7, 11) is 5.88. The Balaban J connectivity index is 1.67. The lowest BCUT2D eigenvalue weighted by Gasteiger charge is -2.31. The predicted octanol–water partition coefficient (Wildman–Crippen LogP) is 2.59. The molecular formula is C22H34N6O. The molecule has 1 fully saturated rings. The highest BCUT2D eigenvalue weighted by Crippen LogP contribution is 2.22. The van der Waals surface area contributed by atoms with E-state index < -0.39 is 0 Å². The molecule has 0 atom stereocenters. The average Bonchev–Trinajstić information content (AvgIpc) is 3.10. The van der Waals surface area contributed by atoms with Crippen LogP contribution in [0.25, 0.3) is 0 Å². The zero-order chi connectivity index (χ0) is 20.8. The molecule has 158 valence electrons. The van der Waals surface area contributed by atoms with Crippen LogP contribution in [0.15, 0.2) is 35.5 Å². The van der Waals surface area contributed by atoms with Crippen molar-refractivity contribution in [1.29, 1.82) is 0 Å². The average molecular weight is 399 g/mol. The summed E-state index contributed by atoms with van der Waals surface area (Å²) >= 11 is 0. The van der Waals surface area contributed by atoms with E-state index in [0.717, 1.165) is 51.0 Å². The highest BCUT2D eigenvalue weighted by molar-refractivity contribution is 5.79. The molecule has 1 N–H and O–H groups in total. The fourth-order valence-electron chi connectivity index (χ4n) is 3.83. The second-order valence-electron chi connectivity index (χ2n) is 7.85. The maximum atomic E-state index is 5.50. The predicted molar refractivity (Wildman–Crippen MR) is 118 cm³/mol. The second kappa shape index (κ2) is 9.78. The number of morpholine rings is 1. The van der Waals surface area contributed by atoms with Crippen molar-refractivity contribution in [2.75, 3.05) is 45.3 Å². The number of benzene rings is 1. The quantitative estimate of drug-likeness (QED) is 0.599. The molecule has 2 aromatic rings. The molecule has 3 rings (SSSR count). The lowest BCUT2D eigenvalue weighted by molar-refractivity contribution is 0.122. The SMILES string of the molecule is CN=C(NCc1ccccc1N1CCOCC1)N(C)Cc1cn(C)nc1C(C)C. The van der Waals surface area contributed by atoms with Gasteiger partial charge in [-0.1, -0.05) is 32.0 Å². The van der Waals surface area contributed by atoms with Gasteiger partial charge in [0.15, 0.2) is 5.96 Å². The van der Waals surface area contributed by atoms with E-state index in [0.29, 0.717) is 5.92 Å². The number of nitrogens with zero attached hydrogens (tertiary/aromatic N) is 5. The monoisotopic (exact) mass is 398 g/mol. The van der Waals surface area contributed by atoms with E-state index in [1.807, 2.05) is 18.8 Å². The van der Waals surface area contributed by atoms with Crippen molar-refractivity contribution < 1.29 is 4.74 Å². The standard InChI is InChI=1S/C22H34N6O/c1-17(2)21-19(16-27(5)25-21)15-26(4)22(23-3)24-14-18-8-6-7-9-20(18)28-10-12-29-13-11-28/h6-9,16-17H,10-15H2,1-5H3,(H,23,24). The van der Waals surface area contributed by atoms with Gasteiger partial charge >= 0.3 is 0 Å². The lowest BCUT2D eigenvalue weighted by atomic mass is 10.1. The van der Waals surface area contributed by atoms with Crippen molar-refractivity contribution in [3.63, 3.8) is 0 Å². The fourth-order valence-corrected chi connectivity index (χ4v) is 3.83. The van der Waals surface area contributed by atoms with E-state index in [-0.39, 0.29) is 0 Å². The largest absolute Gasteiger partial charge is 0.378 e. The zero-order valence-electron chi connectivity index (χ0n) is 18.4. The molecule has 2 heterocycles. The van der Waals surface area contributed by atoms with Crippen molar-refractivity contribution in [3.05, 3.63) is 47.3 Å². The maximum absolute atomic E-state index is 5.50. The first-order valence-corrected chi connectivity index (χ1v) is 10.3. The van der Waals surface area contributed by atoms with Crippen LogP contribution in [0, 0.1) is 0 Å². The Morgan fingerprint density at radius 3 is 2.66 bits per heavy atom. The van der Waals surface area contributed by atoms with Crippen LogP contribution in [0.1, 0.15) is 36.6 Å². The third-order valence-corrected chi connectivity index (χ3v) is 5.25. The molecule has 1 aromatic carbocycles. The number of aliphatic imine (C=N–C) groups is 1. The molecule has 7 heteroatoms. The number of ether oxygens (including phenoxy) is 1. The van der Waals surface area contributed by atoms with Crippen LogP contribution in [-0.4, -0.2) is 61.0 Å². The van der Waals surface area contributed by atoms with Gasteiger partial charge in [-0.05, 0) is 17.5 Å². The van der Waals surface area contributed by atoms with E-state index in [1.54, 1.807) is 0 Å². The van der Waals surface area contributed by atoms with Gasteiger partial charge in [0.25, 0.3) is 0 Å². The molecule has 1 saturated heterocycles. The minimum Gasteiger partial charge on any atom is -0.378 e. The van der Waals surface area contributed by atoms with Crippen LogP contribution >= 0.6 is 0 Å². The Labute approximate surface area is 174 Å². The maximum Gasteiger partial charge on any atom is 0.193 e. The number of para-hydroxylation sites is 1. The Kier molecular flexibility index (Phi) is 7.14. The number of rotatable bonds is 6. The number of guanidine groups is 1. The van der Waals surface area contributed by atoms with E-state index in [2.05, 4.69) is 76.6 Å². The summed E-state index contributed by atoms with van der Waals surface area (Å²) in [6.07, 6.45) is 2.10. The normalized spacial score (nSPS) is 15.1. The van der Waals surface area contributed by atoms with E-state index >= 15 is 0 Å². The second-order valence-corrected chi connectivity index (χ2v) is 7.85. The van der Waals surface area contributed by atoms with Gasteiger partial charge in [0, 0.05) is 64.8 Å². The first-order chi connectivity index (χ1) is 14.0. The molecular weight excluding hydrogens is 364 g/mol. The molecule has 1 aromatic heterocycles. The summed E-state index contributed by atoms with van der Waals surface area (Å²) in [4.78, 5) is 9.05. The number of nitrogens with one attached hydrogen (secondary N) is 1. The van der Waals surface area contributed by atoms with Gasteiger partial charge in [-0.2, -0.15) is 5.10 Å². The minimum absolute atomic E-state index is 0.398. The topological polar surface area (TPSA) is 57.9 Å². The Morgan fingerprint density at radius 2 is 1.97 bits per heavy atom. The summed E-state index contributed by atoms with van der Waals surface area (Å²) in [6, 6.07) is 8.57. The van der Waals surface area contributed by atoms with Gasteiger partial charge < -0.3 is 19.9 Å². The summed E-state index contributed by atoms with van der Waals surface area (Å²) in [5, 5.41) is 8.15. The van der Waals surface area contributed by atoms with Crippen LogP contribution in [0.5, 0.6) is 0 Å². The van der Waals surface area contributed by atoms with Crippen molar-refractivity contribution in [2.24, 2.45) is 12.0 Å². The molecule has 0 unspecified atom stereocenters. The molecule has 1 aliphatic heterocycles. The molecule has 0 aliphatic carbocycles. The van der Waals surface area contributed by atoms with Crippen LogP contribution in [0.3, 0.4) is 0 Å². The van der Waals surface area contributed by atoms with Crippen molar-refractivity contribution in [3.8, 4) is 0 Å². The van der Waals surface area contributed by atoms with Gasteiger partial charge in [-0.3, -0.25) is 9.67 Å². The van der Waals surface area contributed by atoms with Crippen LogP contribution in [0.4, 0.5) is 5.69 Å². The molecule has 7 nitrogen and oxygen atoms in total. The molecule has 0 spiro atoms. The number of anilines is 1. The van der Waals surface area contributed by atoms with Gasteiger partial charge in [-0.25, -0.2) is 0 Å². The number of aryl methyl sites for hydroxylation is 1. The Hall–Kier alpha value is -2.54. The Bertz CT molecular complexity index is 822. The highest BCUT2D eigenvalue weighted by atomic mass is 16.5. The minimum atomic E-state index is 0.398. The summed E-state index contributed by atoms with van der Waals surface area (Å²) < 4.78 is 7.40. The van der Waals surface area contributed by atoms with E-state index in [1.165, 1.54) is 16.8 Å². The van der Waals surface area contributed by atoms with Crippen molar-refractivity contribution in [1.82, 2.24) is 20.0 Å². The number of aromatic nitrogens is 2. The first-order valence-electron chi connectivity index (χ1n) is 10.3. The van der Waals surface area contributed by atoms with Crippen molar-refractivity contribution in [2.45, 2.75) is 32.9 Å². The lowest BCUT2D eigenvalue weighted by Crippen LogP contribution is -2.39. The molecule has 0 bridgehead atoms.